The average molecular weight is 375 g/mol. The first-order valence-corrected chi connectivity index (χ1v) is 7.90. The Balaban J connectivity index is 1.84. The third-order valence-corrected chi connectivity index (χ3v) is 4.47. The van der Waals surface area contributed by atoms with Crippen LogP contribution in [-0.2, 0) is 11.3 Å². The van der Waals surface area contributed by atoms with Crippen molar-refractivity contribution >= 4 is 39.5 Å². The lowest BCUT2D eigenvalue weighted by molar-refractivity contribution is -0.123. The van der Waals surface area contributed by atoms with Gasteiger partial charge in [0.05, 0.1) is 0 Å². The Hall–Kier alpha value is -1.27. The Bertz CT molecular complexity index is 545. The van der Waals surface area contributed by atoms with Crippen molar-refractivity contribution in [2.24, 2.45) is 11.7 Å². The van der Waals surface area contributed by atoms with Gasteiger partial charge in [-0.1, -0.05) is 33.6 Å². The largest absolute Gasteiger partial charge is 0.369 e. The Morgan fingerprint density at radius 3 is 2.62 bits per heavy atom. The fourth-order valence-electron chi connectivity index (χ4n) is 2.31. The molecule has 1 aliphatic heterocycles. The second kappa shape index (κ2) is 7.13. The lowest BCUT2D eigenvalue weighted by atomic mass is 9.96. The third kappa shape index (κ3) is 4.35. The second-order valence-electron chi connectivity index (χ2n) is 5.06. The van der Waals surface area contributed by atoms with E-state index in [4.69, 9.17) is 17.3 Å². The molecule has 1 aromatic carbocycles. The van der Waals surface area contributed by atoms with E-state index in [0.717, 1.165) is 10.0 Å². The number of likely N-dealkylation sites (tertiary alicyclic amines) is 1. The molecule has 1 fully saturated rings. The Labute approximate surface area is 136 Å². The molecular formula is C14H17BrClN3O2. The first kappa shape index (κ1) is 16.1. The molecule has 1 saturated heterocycles. The lowest BCUT2D eigenvalue weighted by Crippen LogP contribution is -2.46. The Morgan fingerprint density at radius 2 is 2.05 bits per heavy atom. The molecule has 21 heavy (non-hydrogen) atoms. The molecule has 2 rings (SSSR count). The Kier molecular flexibility index (Phi) is 5.47. The van der Waals surface area contributed by atoms with Crippen LogP contribution < -0.4 is 11.1 Å². The number of urea groups is 1. The minimum atomic E-state index is -0.281. The highest BCUT2D eigenvalue weighted by Crippen LogP contribution is 2.21. The smallest absolute Gasteiger partial charge is 0.317 e. The molecule has 0 atom stereocenters. The van der Waals surface area contributed by atoms with Crippen LogP contribution in [0.3, 0.4) is 0 Å². The zero-order valence-electron chi connectivity index (χ0n) is 11.4. The number of carbonyl (C=O) groups is 2. The molecule has 3 amide bonds. The molecule has 114 valence electrons. The van der Waals surface area contributed by atoms with Crippen LogP contribution in [0.2, 0.25) is 5.02 Å². The average Bonchev–Trinajstić information content (AvgIpc) is 2.46. The number of hydrogen-bond donors (Lipinski definition) is 2. The van der Waals surface area contributed by atoms with Gasteiger partial charge >= 0.3 is 6.03 Å². The van der Waals surface area contributed by atoms with Crippen LogP contribution in [0.15, 0.2) is 22.7 Å². The summed E-state index contributed by atoms with van der Waals surface area (Å²) >= 11 is 9.44. The molecule has 0 bridgehead atoms. The van der Waals surface area contributed by atoms with Crippen molar-refractivity contribution in [1.82, 2.24) is 10.2 Å². The van der Waals surface area contributed by atoms with E-state index in [1.807, 2.05) is 12.1 Å². The number of nitrogens with two attached hydrogens (primary N) is 1. The molecule has 0 radical (unpaired) electrons. The van der Waals surface area contributed by atoms with E-state index in [1.165, 1.54) is 0 Å². The van der Waals surface area contributed by atoms with Gasteiger partial charge in [0.25, 0.3) is 0 Å². The standard InChI is InChI=1S/C14H17BrClN3O2/c15-11-2-1-10(12(16)7-11)8-18-14(21)19-5-3-9(4-6-19)13(17)20/h1-2,7,9H,3-6,8H2,(H2,17,20)(H,18,21). The number of primary amides is 1. The molecule has 0 aliphatic carbocycles. The number of amides is 3. The Morgan fingerprint density at radius 1 is 1.38 bits per heavy atom. The monoisotopic (exact) mass is 373 g/mol. The van der Waals surface area contributed by atoms with Gasteiger partial charge in [0, 0.05) is 35.0 Å². The summed E-state index contributed by atoms with van der Waals surface area (Å²) in [6.07, 6.45) is 1.25. The topological polar surface area (TPSA) is 75.4 Å². The van der Waals surface area contributed by atoms with Gasteiger partial charge in [-0.05, 0) is 30.5 Å². The second-order valence-corrected chi connectivity index (χ2v) is 6.38. The highest BCUT2D eigenvalue weighted by Gasteiger charge is 2.25. The van der Waals surface area contributed by atoms with E-state index in [9.17, 15) is 9.59 Å². The molecule has 0 spiro atoms. The van der Waals surface area contributed by atoms with E-state index in [1.54, 1.807) is 11.0 Å². The molecule has 0 saturated carbocycles. The van der Waals surface area contributed by atoms with E-state index < -0.39 is 0 Å². The van der Waals surface area contributed by atoms with Crippen LogP contribution in [0.4, 0.5) is 4.79 Å². The lowest BCUT2D eigenvalue weighted by Gasteiger charge is -2.30. The summed E-state index contributed by atoms with van der Waals surface area (Å²) in [5, 5.41) is 3.45. The molecule has 0 unspecified atom stereocenters. The summed E-state index contributed by atoms with van der Waals surface area (Å²) in [6.45, 7) is 1.47. The van der Waals surface area contributed by atoms with Crippen molar-refractivity contribution in [1.29, 1.82) is 0 Å². The molecule has 3 N–H and O–H groups in total. The number of halogens is 2. The molecular weight excluding hydrogens is 358 g/mol. The van der Waals surface area contributed by atoms with Crippen LogP contribution in [0.5, 0.6) is 0 Å². The van der Waals surface area contributed by atoms with Gasteiger partial charge in [-0.3, -0.25) is 4.79 Å². The van der Waals surface area contributed by atoms with Crippen LogP contribution in [-0.4, -0.2) is 29.9 Å². The fourth-order valence-corrected chi connectivity index (χ4v) is 3.06. The van der Waals surface area contributed by atoms with Crippen molar-refractivity contribution in [2.75, 3.05) is 13.1 Å². The minimum absolute atomic E-state index is 0.116. The van der Waals surface area contributed by atoms with Crippen molar-refractivity contribution in [3.8, 4) is 0 Å². The number of hydrogen-bond acceptors (Lipinski definition) is 2. The molecule has 1 heterocycles. The summed E-state index contributed by atoms with van der Waals surface area (Å²) in [7, 11) is 0. The minimum Gasteiger partial charge on any atom is -0.369 e. The summed E-state index contributed by atoms with van der Waals surface area (Å²) in [5.74, 6) is -0.397. The molecule has 0 aromatic heterocycles. The van der Waals surface area contributed by atoms with Crippen molar-refractivity contribution < 1.29 is 9.59 Å². The van der Waals surface area contributed by atoms with Gasteiger partial charge in [-0.2, -0.15) is 0 Å². The summed E-state index contributed by atoms with van der Waals surface area (Å²) in [5.41, 5.74) is 6.14. The van der Waals surface area contributed by atoms with Crippen molar-refractivity contribution in [2.45, 2.75) is 19.4 Å². The first-order chi connectivity index (χ1) is 9.97. The molecule has 1 aromatic rings. The van der Waals surface area contributed by atoms with Crippen LogP contribution in [0, 0.1) is 5.92 Å². The van der Waals surface area contributed by atoms with E-state index >= 15 is 0 Å². The maximum Gasteiger partial charge on any atom is 0.317 e. The summed E-state index contributed by atoms with van der Waals surface area (Å²) in [6, 6.07) is 5.40. The molecule has 7 heteroatoms. The number of rotatable bonds is 3. The van der Waals surface area contributed by atoms with Gasteiger partial charge in [-0.25, -0.2) is 4.79 Å². The van der Waals surface area contributed by atoms with Crippen LogP contribution in [0.25, 0.3) is 0 Å². The van der Waals surface area contributed by atoms with Crippen LogP contribution in [0.1, 0.15) is 18.4 Å². The first-order valence-electron chi connectivity index (χ1n) is 6.73. The maximum absolute atomic E-state index is 12.1. The predicted molar refractivity (Wildman–Crippen MR) is 84.9 cm³/mol. The highest BCUT2D eigenvalue weighted by molar-refractivity contribution is 9.10. The number of nitrogens with zero attached hydrogens (tertiary/aromatic N) is 1. The van der Waals surface area contributed by atoms with Crippen molar-refractivity contribution in [3.63, 3.8) is 0 Å². The fraction of sp³-hybridized carbons (Fsp3) is 0.429. The van der Waals surface area contributed by atoms with E-state index in [-0.39, 0.29) is 17.9 Å². The zero-order chi connectivity index (χ0) is 15.4. The number of benzene rings is 1. The normalized spacial score (nSPS) is 15.8. The van der Waals surface area contributed by atoms with Gasteiger partial charge < -0.3 is 16.0 Å². The van der Waals surface area contributed by atoms with Crippen molar-refractivity contribution in [3.05, 3.63) is 33.3 Å². The molecule has 5 nitrogen and oxygen atoms in total. The summed E-state index contributed by atoms with van der Waals surface area (Å²) in [4.78, 5) is 24.9. The highest BCUT2D eigenvalue weighted by atomic mass is 79.9. The van der Waals surface area contributed by atoms with Gasteiger partial charge in [0.15, 0.2) is 0 Å². The van der Waals surface area contributed by atoms with Gasteiger partial charge in [0.1, 0.15) is 0 Å². The van der Waals surface area contributed by atoms with Crippen LogP contribution >= 0.6 is 27.5 Å². The zero-order valence-corrected chi connectivity index (χ0v) is 13.8. The number of piperidine rings is 1. The third-order valence-electron chi connectivity index (χ3n) is 3.63. The predicted octanol–water partition coefficient (Wildman–Crippen LogP) is 2.51. The number of nitrogens with one attached hydrogen (secondary N) is 1. The van der Waals surface area contributed by atoms with Gasteiger partial charge in [-0.15, -0.1) is 0 Å². The number of carbonyl (C=O) groups excluding carboxylic acids is 2. The maximum atomic E-state index is 12.1. The van der Waals surface area contributed by atoms with E-state index in [0.29, 0.717) is 37.5 Å². The molecule has 1 aliphatic rings. The van der Waals surface area contributed by atoms with E-state index in [2.05, 4.69) is 21.2 Å². The quantitative estimate of drug-likeness (QED) is 0.853. The van der Waals surface area contributed by atoms with Gasteiger partial charge in [0.2, 0.25) is 5.91 Å². The summed E-state index contributed by atoms with van der Waals surface area (Å²) < 4.78 is 0.899. The SMILES string of the molecule is NC(=O)C1CCN(C(=O)NCc2ccc(Br)cc2Cl)CC1.